The topological polar surface area (TPSA) is 89.3 Å². The van der Waals surface area contributed by atoms with Crippen LogP contribution in [0.2, 0.25) is 0 Å². The summed E-state index contributed by atoms with van der Waals surface area (Å²) in [7, 11) is -3.70. The van der Waals surface area contributed by atoms with Crippen LogP contribution in [0.1, 0.15) is 15.9 Å². The van der Waals surface area contributed by atoms with Crippen LogP contribution in [0.4, 0.5) is 5.00 Å². The zero-order chi connectivity index (χ0) is 14.2. The molecule has 0 atom stereocenters. The normalized spacial score (nSPS) is 11.5. The molecule has 0 unspecified atom stereocenters. The van der Waals surface area contributed by atoms with Gasteiger partial charge in [0, 0.05) is 0 Å². The van der Waals surface area contributed by atoms with Crippen molar-refractivity contribution in [1.29, 1.82) is 0 Å². The maximum atomic E-state index is 12.2. The lowest BCUT2D eigenvalue weighted by molar-refractivity contribution is 0.100. The number of hydrogen-bond donors (Lipinski definition) is 2. The summed E-state index contributed by atoms with van der Waals surface area (Å²) in [5.41, 5.74) is 6.18. The van der Waals surface area contributed by atoms with E-state index in [0.717, 1.165) is 32.0 Å². The highest BCUT2D eigenvalue weighted by Gasteiger charge is 2.21. The molecule has 2 aromatic rings. The Morgan fingerprint density at radius 3 is 2.68 bits per heavy atom. The number of anilines is 1. The molecule has 19 heavy (non-hydrogen) atoms. The van der Waals surface area contributed by atoms with Crippen LogP contribution < -0.4 is 10.5 Å². The van der Waals surface area contributed by atoms with Gasteiger partial charge < -0.3 is 5.73 Å². The molecular weight excluding hydrogens is 372 g/mol. The second kappa shape index (κ2) is 5.23. The SMILES string of the molecule is Cc1cc(S(=O)(=O)Nc2sccc2C(N)=O)sc1Br. The summed E-state index contributed by atoms with van der Waals surface area (Å²) >= 11 is 5.50. The fourth-order valence-corrected chi connectivity index (χ4v) is 5.67. The Morgan fingerprint density at radius 2 is 2.16 bits per heavy atom. The first kappa shape index (κ1) is 14.5. The van der Waals surface area contributed by atoms with E-state index in [1.807, 2.05) is 0 Å². The average Bonchev–Trinajstić information content (AvgIpc) is 2.87. The molecule has 0 spiro atoms. The molecule has 102 valence electrons. The minimum absolute atomic E-state index is 0.168. The van der Waals surface area contributed by atoms with E-state index < -0.39 is 15.9 Å². The number of nitrogens with two attached hydrogens (primary N) is 1. The van der Waals surface area contributed by atoms with Crippen LogP contribution in [-0.2, 0) is 10.0 Å². The molecule has 0 aliphatic heterocycles. The standard InChI is InChI=1S/C10H9BrN2O3S3/c1-5-4-7(18-8(5)11)19(15,16)13-10-6(9(12)14)2-3-17-10/h2-4,13H,1H3,(H2,12,14). The third-order valence-corrected chi connectivity index (χ3v) is 7.18. The number of rotatable bonds is 4. The molecule has 5 nitrogen and oxygen atoms in total. The zero-order valence-electron chi connectivity index (χ0n) is 9.64. The van der Waals surface area contributed by atoms with E-state index in [9.17, 15) is 13.2 Å². The fourth-order valence-electron chi connectivity index (χ4n) is 1.32. The van der Waals surface area contributed by atoms with Crippen LogP contribution in [0.3, 0.4) is 0 Å². The van der Waals surface area contributed by atoms with Gasteiger partial charge in [-0.2, -0.15) is 0 Å². The molecule has 0 saturated carbocycles. The molecule has 0 aromatic carbocycles. The van der Waals surface area contributed by atoms with E-state index in [1.54, 1.807) is 18.4 Å². The predicted molar refractivity (Wildman–Crippen MR) is 80.4 cm³/mol. The predicted octanol–water partition coefficient (Wildman–Crippen LogP) is 2.78. The second-order valence-corrected chi connectivity index (χ2v) is 8.85. The van der Waals surface area contributed by atoms with Crippen molar-refractivity contribution in [3.63, 3.8) is 0 Å². The van der Waals surface area contributed by atoms with Crippen molar-refractivity contribution in [2.24, 2.45) is 5.73 Å². The van der Waals surface area contributed by atoms with Crippen LogP contribution in [0.5, 0.6) is 0 Å². The first-order valence-electron chi connectivity index (χ1n) is 4.97. The summed E-state index contributed by atoms with van der Waals surface area (Å²) in [6.45, 7) is 1.81. The lowest BCUT2D eigenvalue weighted by atomic mass is 10.3. The van der Waals surface area contributed by atoms with Crippen molar-refractivity contribution >= 4 is 59.5 Å². The third kappa shape index (κ3) is 2.99. The summed E-state index contributed by atoms with van der Waals surface area (Å²) in [6.07, 6.45) is 0. The van der Waals surface area contributed by atoms with Gasteiger partial charge in [-0.1, -0.05) is 0 Å². The van der Waals surface area contributed by atoms with Crippen LogP contribution in [0.25, 0.3) is 0 Å². The lowest BCUT2D eigenvalue weighted by Crippen LogP contribution is -2.16. The number of halogens is 1. The highest BCUT2D eigenvalue weighted by molar-refractivity contribution is 9.11. The Hall–Kier alpha value is -0.900. The Labute approximate surface area is 126 Å². The summed E-state index contributed by atoms with van der Waals surface area (Å²) in [4.78, 5) is 11.2. The number of hydrogen-bond acceptors (Lipinski definition) is 5. The molecular formula is C10H9BrN2O3S3. The number of sulfonamides is 1. The van der Waals surface area contributed by atoms with Gasteiger partial charge in [-0.3, -0.25) is 9.52 Å². The van der Waals surface area contributed by atoms with Crippen molar-refractivity contribution in [2.45, 2.75) is 11.1 Å². The molecule has 0 bridgehead atoms. The summed E-state index contributed by atoms with van der Waals surface area (Å²) in [6, 6.07) is 3.05. The molecule has 0 aliphatic rings. The molecule has 2 aromatic heterocycles. The van der Waals surface area contributed by atoms with Gasteiger partial charge >= 0.3 is 0 Å². The van der Waals surface area contributed by atoms with E-state index >= 15 is 0 Å². The van der Waals surface area contributed by atoms with Gasteiger partial charge in [0.15, 0.2) is 0 Å². The number of primary amides is 1. The number of nitrogens with one attached hydrogen (secondary N) is 1. The molecule has 0 aliphatic carbocycles. The van der Waals surface area contributed by atoms with Gasteiger partial charge in [0.05, 0.1) is 9.35 Å². The van der Waals surface area contributed by atoms with E-state index in [2.05, 4.69) is 20.7 Å². The van der Waals surface area contributed by atoms with Crippen molar-refractivity contribution in [1.82, 2.24) is 0 Å². The summed E-state index contributed by atoms with van der Waals surface area (Å²) < 4.78 is 27.7. The molecule has 1 amide bonds. The number of amides is 1. The van der Waals surface area contributed by atoms with Gasteiger partial charge in [-0.25, -0.2) is 8.42 Å². The lowest BCUT2D eigenvalue weighted by Gasteiger charge is -2.05. The Morgan fingerprint density at radius 1 is 1.47 bits per heavy atom. The van der Waals surface area contributed by atoms with Gasteiger partial charge in [0.1, 0.15) is 9.21 Å². The minimum Gasteiger partial charge on any atom is -0.366 e. The largest absolute Gasteiger partial charge is 0.366 e. The molecule has 2 rings (SSSR count). The summed E-state index contributed by atoms with van der Waals surface area (Å²) in [5.74, 6) is -0.664. The van der Waals surface area contributed by atoms with Crippen LogP contribution in [-0.4, -0.2) is 14.3 Å². The Kier molecular flexibility index (Phi) is 4.00. The van der Waals surface area contributed by atoms with Crippen molar-refractivity contribution in [2.75, 3.05) is 4.72 Å². The van der Waals surface area contributed by atoms with E-state index in [0.29, 0.717) is 0 Å². The first-order valence-corrected chi connectivity index (χ1v) is 8.94. The van der Waals surface area contributed by atoms with E-state index in [-0.39, 0.29) is 14.8 Å². The fraction of sp³-hybridized carbons (Fsp3) is 0.100. The zero-order valence-corrected chi connectivity index (χ0v) is 13.7. The maximum Gasteiger partial charge on any atom is 0.272 e. The van der Waals surface area contributed by atoms with Gasteiger partial charge in [-0.15, -0.1) is 22.7 Å². The molecule has 9 heteroatoms. The van der Waals surface area contributed by atoms with Crippen molar-refractivity contribution in [3.8, 4) is 0 Å². The maximum absolute atomic E-state index is 12.2. The molecule has 0 radical (unpaired) electrons. The van der Waals surface area contributed by atoms with E-state index in [1.165, 1.54) is 6.07 Å². The minimum atomic E-state index is -3.70. The van der Waals surface area contributed by atoms with Crippen molar-refractivity contribution in [3.05, 3.63) is 32.4 Å². The highest BCUT2D eigenvalue weighted by atomic mass is 79.9. The van der Waals surface area contributed by atoms with Crippen LogP contribution >= 0.6 is 38.6 Å². The van der Waals surface area contributed by atoms with E-state index in [4.69, 9.17) is 5.73 Å². The molecule has 0 saturated heterocycles. The first-order chi connectivity index (χ1) is 8.81. The molecule has 3 N–H and O–H groups in total. The quantitative estimate of drug-likeness (QED) is 0.854. The molecule has 0 fully saturated rings. The van der Waals surface area contributed by atoms with Crippen LogP contribution in [0.15, 0.2) is 25.5 Å². The Bertz CT molecular complexity index is 714. The van der Waals surface area contributed by atoms with Gasteiger partial charge in [-0.05, 0) is 45.9 Å². The monoisotopic (exact) mass is 380 g/mol. The average molecular weight is 381 g/mol. The van der Waals surface area contributed by atoms with Crippen LogP contribution in [0, 0.1) is 6.92 Å². The molecule has 2 heterocycles. The second-order valence-electron chi connectivity index (χ2n) is 3.66. The number of thiophene rings is 2. The highest BCUT2D eigenvalue weighted by Crippen LogP contribution is 2.33. The number of aryl methyl sites for hydroxylation is 1. The number of carbonyl (C=O) groups is 1. The summed E-state index contributed by atoms with van der Waals surface area (Å²) in [5, 5.41) is 1.84. The Balaban J connectivity index is 2.36. The number of carbonyl (C=O) groups excluding carboxylic acids is 1. The van der Waals surface area contributed by atoms with Crippen molar-refractivity contribution < 1.29 is 13.2 Å². The van der Waals surface area contributed by atoms with Gasteiger partial charge in [0.25, 0.3) is 15.9 Å². The van der Waals surface area contributed by atoms with Gasteiger partial charge in [0.2, 0.25) is 0 Å². The third-order valence-electron chi connectivity index (χ3n) is 2.26. The smallest absolute Gasteiger partial charge is 0.272 e.